The first-order chi connectivity index (χ1) is 11.7. The van der Waals surface area contributed by atoms with Gasteiger partial charge in [0.1, 0.15) is 0 Å². The van der Waals surface area contributed by atoms with Gasteiger partial charge in [-0.25, -0.2) is 4.79 Å². The number of halogens is 1. The van der Waals surface area contributed by atoms with Gasteiger partial charge in [0.25, 0.3) is 0 Å². The van der Waals surface area contributed by atoms with Gasteiger partial charge in [-0.1, -0.05) is 11.6 Å². The van der Waals surface area contributed by atoms with Crippen molar-refractivity contribution >= 4 is 29.4 Å². The quantitative estimate of drug-likeness (QED) is 0.764. The Hall–Kier alpha value is -0.950. The highest BCUT2D eigenvalue weighted by Gasteiger charge is 2.26. The van der Waals surface area contributed by atoms with Crippen LogP contribution in [0.3, 0.4) is 0 Å². The summed E-state index contributed by atoms with van der Waals surface area (Å²) in [6, 6.07) is 8.16. The standard InChI is InChI=1S/C17H24ClN3O2S/c18-15-1-3-16(4-2-15)24-14-11-19-5-7-20(8-6-19)17(22)21-9-12-23-13-10-21/h1-4H,5-14H2. The molecule has 2 heterocycles. The fraction of sp³-hybridized carbons (Fsp3) is 0.588. The molecule has 2 fully saturated rings. The summed E-state index contributed by atoms with van der Waals surface area (Å²) in [5, 5.41) is 0.778. The molecular formula is C17H24ClN3O2S. The molecule has 0 aliphatic carbocycles. The minimum absolute atomic E-state index is 0.175. The Morgan fingerprint density at radius 2 is 1.62 bits per heavy atom. The summed E-state index contributed by atoms with van der Waals surface area (Å²) in [5.41, 5.74) is 0. The summed E-state index contributed by atoms with van der Waals surface area (Å²) in [6.45, 7) is 7.36. The van der Waals surface area contributed by atoms with Crippen LogP contribution in [-0.2, 0) is 4.74 Å². The first kappa shape index (κ1) is 17.9. The van der Waals surface area contributed by atoms with Crippen molar-refractivity contribution in [3.63, 3.8) is 0 Å². The fourth-order valence-electron chi connectivity index (χ4n) is 2.94. The van der Waals surface area contributed by atoms with E-state index in [1.165, 1.54) is 4.90 Å². The third-order valence-corrected chi connectivity index (χ3v) is 5.66. The number of amides is 2. The predicted octanol–water partition coefficient (Wildman–Crippen LogP) is 2.50. The average Bonchev–Trinajstić information content (AvgIpc) is 2.64. The Morgan fingerprint density at radius 1 is 1.00 bits per heavy atom. The van der Waals surface area contributed by atoms with Gasteiger partial charge >= 0.3 is 6.03 Å². The van der Waals surface area contributed by atoms with E-state index in [2.05, 4.69) is 17.0 Å². The van der Waals surface area contributed by atoms with Gasteiger partial charge in [0.05, 0.1) is 13.2 Å². The van der Waals surface area contributed by atoms with E-state index in [9.17, 15) is 4.79 Å². The lowest BCUT2D eigenvalue weighted by molar-refractivity contribution is 0.0380. The van der Waals surface area contributed by atoms with Gasteiger partial charge in [-0.2, -0.15) is 0 Å². The second-order valence-electron chi connectivity index (χ2n) is 6.01. The molecule has 0 N–H and O–H groups in total. The molecule has 2 aliphatic heterocycles. The van der Waals surface area contributed by atoms with Crippen molar-refractivity contribution in [3.05, 3.63) is 29.3 Å². The highest BCUT2D eigenvalue weighted by Crippen LogP contribution is 2.20. The lowest BCUT2D eigenvalue weighted by atomic mass is 10.3. The number of urea groups is 1. The van der Waals surface area contributed by atoms with Gasteiger partial charge in [-0.3, -0.25) is 4.90 Å². The van der Waals surface area contributed by atoms with Gasteiger partial charge in [0, 0.05) is 61.5 Å². The monoisotopic (exact) mass is 369 g/mol. The van der Waals surface area contributed by atoms with Gasteiger partial charge in [0.15, 0.2) is 0 Å². The Kier molecular flexibility index (Phi) is 6.66. The molecule has 0 saturated carbocycles. The number of piperazine rings is 1. The Balaban J connectivity index is 1.35. The van der Waals surface area contributed by atoms with E-state index in [1.807, 2.05) is 33.7 Å². The summed E-state index contributed by atoms with van der Waals surface area (Å²) in [6.07, 6.45) is 0. The predicted molar refractivity (Wildman–Crippen MR) is 98.0 cm³/mol. The van der Waals surface area contributed by atoms with Gasteiger partial charge in [-0.15, -0.1) is 11.8 Å². The maximum absolute atomic E-state index is 12.4. The van der Waals surface area contributed by atoms with Crippen molar-refractivity contribution in [1.82, 2.24) is 14.7 Å². The van der Waals surface area contributed by atoms with Crippen LogP contribution in [0.2, 0.25) is 5.02 Å². The van der Waals surface area contributed by atoms with Crippen molar-refractivity contribution in [2.75, 3.05) is 64.8 Å². The van der Waals surface area contributed by atoms with Crippen molar-refractivity contribution < 1.29 is 9.53 Å². The summed E-state index contributed by atoms with van der Waals surface area (Å²) in [4.78, 5) is 20.0. The van der Waals surface area contributed by atoms with Crippen LogP contribution < -0.4 is 0 Å². The first-order valence-electron chi connectivity index (χ1n) is 8.45. The number of benzene rings is 1. The summed E-state index contributed by atoms with van der Waals surface area (Å²) in [5.74, 6) is 1.05. The van der Waals surface area contributed by atoms with Gasteiger partial charge in [0.2, 0.25) is 0 Å². The molecule has 132 valence electrons. The third kappa shape index (κ3) is 5.02. The topological polar surface area (TPSA) is 36.0 Å². The number of hydrogen-bond donors (Lipinski definition) is 0. The number of rotatable bonds is 4. The first-order valence-corrected chi connectivity index (χ1v) is 9.81. The summed E-state index contributed by atoms with van der Waals surface area (Å²) < 4.78 is 5.31. The molecule has 1 aromatic rings. The highest BCUT2D eigenvalue weighted by molar-refractivity contribution is 7.99. The second kappa shape index (κ2) is 8.94. The van der Waals surface area contributed by atoms with Crippen LogP contribution in [0.4, 0.5) is 4.79 Å². The van der Waals surface area contributed by atoms with E-state index < -0.39 is 0 Å². The number of carbonyl (C=O) groups excluding carboxylic acids is 1. The SMILES string of the molecule is O=C(N1CCOCC1)N1CCN(CCSc2ccc(Cl)cc2)CC1. The summed E-state index contributed by atoms with van der Waals surface area (Å²) >= 11 is 7.75. The average molecular weight is 370 g/mol. The molecule has 7 heteroatoms. The molecule has 2 saturated heterocycles. The van der Waals surface area contributed by atoms with Crippen molar-refractivity contribution in [2.24, 2.45) is 0 Å². The minimum Gasteiger partial charge on any atom is -0.378 e. The number of ether oxygens (including phenoxy) is 1. The molecule has 2 aliphatic rings. The van der Waals surface area contributed by atoms with Crippen LogP contribution in [0.25, 0.3) is 0 Å². The molecule has 0 unspecified atom stereocenters. The molecule has 1 aromatic carbocycles. The lowest BCUT2D eigenvalue weighted by Crippen LogP contribution is -2.54. The molecular weight excluding hydrogens is 346 g/mol. The zero-order valence-electron chi connectivity index (χ0n) is 13.8. The van der Waals surface area contributed by atoms with Crippen LogP contribution in [-0.4, -0.2) is 85.5 Å². The number of hydrogen-bond acceptors (Lipinski definition) is 4. The number of nitrogens with zero attached hydrogens (tertiary/aromatic N) is 3. The lowest BCUT2D eigenvalue weighted by Gasteiger charge is -2.38. The molecule has 0 atom stereocenters. The van der Waals surface area contributed by atoms with E-state index in [1.54, 1.807) is 0 Å². The third-order valence-electron chi connectivity index (χ3n) is 4.41. The smallest absolute Gasteiger partial charge is 0.320 e. The number of carbonyl (C=O) groups is 1. The van der Waals surface area contributed by atoms with E-state index in [0.717, 1.165) is 56.6 Å². The van der Waals surface area contributed by atoms with E-state index >= 15 is 0 Å². The van der Waals surface area contributed by atoms with Crippen LogP contribution in [0.1, 0.15) is 0 Å². The van der Waals surface area contributed by atoms with Crippen LogP contribution >= 0.6 is 23.4 Å². The molecule has 24 heavy (non-hydrogen) atoms. The molecule has 0 bridgehead atoms. The zero-order valence-corrected chi connectivity index (χ0v) is 15.4. The Morgan fingerprint density at radius 3 is 2.29 bits per heavy atom. The Labute approximate surface area is 152 Å². The molecule has 0 radical (unpaired) electrons. The van der Waals surface area contributed by atoms with E-state index in [-0.39, 0.29) is 6.03 Å². The minimum atomic E-state index is 0.175. The van der Waals surface area contributed by atoms with Crippen molar-refractivity contribution in [2.45, 2.75) is 4.90 Å². The maximum atomic E-state index is 12.4. The maximum Gasteiger partial charge on any atom is 0.320 e. The molecule has 3 rings (SSSR count). The van der Waals surface area contributed by atoms with E-state index in [0.29, 0.717) is 13.2 Å². The van der Waals surface area contributed by atoms with Gasteiger partial charge < -0.3 is 14.5 Å². The van der Waals surface area contributed by atoms with Crippen LogP contribution in [0.15, 0.2) is 29.2 Å². The van der Waals surface area contributed by atoms with Gasteiger partial charge in [-0.05, 0) is 24.3 Å². The molecule has 0 aromatic heterocycles. The normalized spacial score (nSPS) is 19.5. The fourth-order valence-corrected chi connectivity index (χ4v) is 3.98. The molecule has 0 spiro atoms. The molecule has 2 amide bonds. The molecule has 5 nitrogen and oxygen atoms in total. The van der Waals surface area contributed by atoms with E-state index in [4.69, 9.17) is 16.3 Å². The largest absolute Gasteiger partial charge is 0.378 e. The second-order valence-corrected chi connectivity index (χ2v) is 7.62. The number of thioether (sulfide) groups is 1. The highest BCUT2D eigenvalue weighted by atomic mass is 35.5. The van der Waals surface area contributed by atoms with Crippen LogP contribution in [0.5, 0.6) is 0 Å². The van der Waals surface area contributed by atoms with Crippen molar-refractivity contribution in [1.29, 1.82) is 0 Å². The zero-order chi connectivity index (χ0) is 16.8. The summed E-state index contributed by atoms with van der Waals surface area (Å²) in [7, 11) is 0. The Bertz CT molecular complexity index is 529. The van der Waals surface area contributed by atoms with Crippen molar-refractivity contribution in [3.8, 4) is 0 Å². The van der Waals surface area contributed by atoms with Crippen LogP contribution in [0, 0.1) is 0 Å². The number of morpholine rings is 1.